The van der Waals surface area contributed by atoms with Crippen LogP contribution in [0.4, 0.5) is 4.39 Å². The summed E-state index contributed by atoms with van der Waals surface area (Å²) in [4.78, 5) is 0. The lowest BCUT2D eigenvalue weighted by molar-refractivity contribution is 0.459. The highest BCUT2D eigenvalue weighted by Crippen LogP contribution is 2.40. The molecular weight excluding hydrogens is 287 g/mol. The Hall–Kier alpha value is -1.58. The topological polar surface area (TPSA) is 30.9 Å². The monoisotopic (exact) mass is 304 g/mol. The standard InChI is InChI=1S/C17H18ClFN2/c1-10-7-8-12(19)9-15(10)21-14-6-4-3-5-13(14)16(18)17(21)11(2)20/h3-11,15H,20H2,1-2H3. The lowest BCUT2D eigenvalue weighted by Gasteiger charge is -2.27. The van der Waals surface area contributed by atoms with Crippen LogP contribution in [0.3, 0.4) is 0 Å². The number of halogens is 2. The summed E-state index contributed by atoms with van der Waals surface area (Å²) in [5, 5.41) is 1.62. The number of nitrogens with two attached hydrogens (primary N) is 1. The second kappa shape index (κ2) is 5.32. The zero-order valence-corrected chi connectivity index (χ0v) is 12.8. The number of allylic oxidation sites excluding steroid dienone is 4. The number of para-hydroxylation sites is 1. The average molecular weight is 305 g/mol. The minimum Gasteiger partial charge on any atom is -0.334 e. The van der Waals surface area contributed by atoms with Gasteiger partial charge in [0.25, 0.3) is 0 Å². The first-order valence-corrected chi connectivity index (χ1v) is 7.48. The minimum absolute atomic E-state index is 0.117. The second-order valence-electron chi connectivity index (χ2n) is 5.64. The number of nitrogens with zero attached hydrogens (tertiary/aromatic N) is 1. The number of hydrogen-bond acceptors (Lipinski definition) is 1. The normalized spacial score (nSPS) is 23.4. The maximum atomic E-state index is 13.7. The van der Waals surface area contributed by atoms with Gasteiger partial charge >= 0.3 is 0 Å². The molecule has 0 spiro atoms. The predicted molar refractivity (Wildman–Crippen MR) is 86.1 cm³/mol. The van der Waals surface area contributed by atoms with E-state index in [0.29, 0.717) is 5.02 Å². The van der Waals surface area contributed by atoms with Crippen molar-refractivity contribution in [2.45, 2.75) is 25.9 Å². The van der Waals surface area contributed by atoms with Crippen molar-refractivity contribution in [3.63, 3.8) is 0 Å². The molecule has 2 nitrogen and oxygen atoms in total. The summed E-state index contributed by atoms with van der Waals surface area (Å²) < 4.78 is 15.8. The Morgan fingerprint density at radius 2 is 2.05 bits per heavy atom. The first-order chi connectivity index (χ1) is 10.0. The number of hydrogen-bond donors (Lipinski definition) is 1. The summed E-state index contributed by atoms with van der Waals surface area (Å²) in [6.45, 7) is 3.97. The van der Waals surface area contributed by atoms with Crippen LogP contribution in [0, 0.1) is 5.92 Å². The van der Waals surface area contributed by atoms with E-state index in [1.807, 2.05) is 37.3 Å². The molecule has 21 heavy (non-hydrogen) atoms. The summed E-state index contributed by atoms with van der Waals surface area (Å²) in [6.07, 6.45) is 5.03. The Morgan fingerprint density at radius 3 is 2.76 bits per heavy atom. The van der Waals surface area contributed by atoms with Crippen LogP contribution in [0.2, 0.25) is 5.02 Å². The van der Waals surface area contributed by atoms with Crippen molar-refractivity contribution in [1.29, 1.82) is 0 Å². The third kappa shape index (κ3) is 2.30. The molecule has 1 heterocycles. The highest BCUT2D eigenvalue weighted by molar-refractivity contribution is 6.36. The molecule has 0 amide bonds. The van der Waals surface area contributed by atoms with Crippen molar-refractivity contribution in [2.24, 2.45) is 11.7 Å². The SMILES string of the molecule is CC(N)c1c(Cl)c2ccccc2n1C1C=C(F)C=CC1C. The van der Waals surface area contributed by atoms with Crippen molar-refractivity contribution in [2.75, 3.05) is 0 Å². The Balaban J connectivity index is 2.31. The number of aromatic nitrogens is 1. The highest BCUT2D eigenvalue weighted by atomic mass is 35.5. The lowest BCUT2D eigenvalue weighted by Crippen LogP contribution is -2.21. The summed E-state index contributed by atoms with van der Waals surface area (Å²) in [6, 6.07) is 7.55. The van der Waals surface area contributed by atoms with E-state index in [1.54, 1.807) is 6.08 Å². The van der Waals surface area contributed by atoms with Gasteiger partial charge in [-0.15, -0.1) is 0 Å². The maximum Gasteiger partial charge on any atom is 0.121 e. The van der Waals surface area contributed by atoms with Gasteiger partial charge in [-0.05, 0) is 31.1 Å². The van der Waals surface area contributed by atoms with Gasteiger partial charge in [0.1, 0.15) is 5.83 Å². The Bertz CT molecular complexity index is 743. The number of rotatable bonds is 2. The summed E-state index contributed by atoms with van der Waals surface area (Å²) in [5.74, 6) is -0.0449. The van der Waals surface area contributed by atoms with Gasteiger partial charge in [0.05, 0.1) is 22.3 Å². The summed E-state index contributed by atoms with van der Waals surface area (Å²) >= 11 is 6.53. The fourth-order valence-electron chi connectivity index (χ4n) is 3.02. The number of fused-ring (bicyclic) bond motifs is 1. The third-order valence-electron chi connectivity index (χ3n) is 4.04. The molecule has 3 unspecified atom stereocenters. The molecule has 0 radical (unpaired) electrons. The Kier molecular flexibility index (Phi) is 3.64. The van der Waals surface area contributed by atoms with Crippen LogP contribution in [0.5, 0.6) is 0 Å². The molecular formula is C17H18ClFN2. The molecule has 0 saturated heterocycles. The summed E-state index contributed by atoms with van der Waals surface area (Å²) in [7, 11) is 0. The third-order valence-corrected chi connectivity index (χ3v) is 4.44. The molecule has 3 rings (SSSR count). The van der Waals surface area contributed by atoms with Crippen LogP contribution < -0.4 is 5.73 Å². The molecule has 3 atom stereocenters. The second-order valence-corrected chi connectivity index (χ2v) is 6.01. The van der Waals surface area contributed by atoms with Gasteiger partial charge in [0.2, 0.25) is 0 Å². The predicted octanol–water partition coefficient (Wildman–Crippen LogP) is 4.91. The fourth-order valence-corrected chi connectivity index (χ4v) is 3.44. The maximum absolute atomic E-state index is 13.7. The quantitative estimate of drug-likeness (QED) is 0.839. The molecule has 0 aliphatic heterocycles. The molecule has 1 aromatic carbocycles. The van der Waals surface area contributed by atoms with E-state index in [9.17, 15) is 4.39 Å². The van der Waals surface area contributed by atoms with Gasteiger partial charge in [-0.2, -0.15) is 0 Å². The van der Waals surface area contributed by atoms with Gasteiger partial charge < -0.3 is 10.3 Å². The lowest BCUT2D eigenvalue weighted by atomic mass is 9.95. The molecule has 0 bridgehead atoms. The van der Waals surface area contributed by atoms with Crippen molar-refractivity contribution >= 4 is 22.5 Å². The van der Waals surface area contributed by atoms with Crippen LogP contribution in [0.25, 0.3) is 10.9 Å². The van der Waals surface area contributed by atoms with Crippen molar-refractivity contribution in [1.82, 2.24) is 4.57 Å². The molecule has 1 aromatic heterocycles. The highest BCUT2D eigenvalue weighted by Gasteiger charge is 2.27. The van der Waals surface area contributed by atoms with E-state index in [1.165, 1.54) is 6.08 Å². The van der Waals surface area contributed by atoms with Crippen molar-refractivity contribution < 1.29 is 4.39 Å². The van der Waals surface area contributed by atoms with E-state index in [0.717, 1.165) is 16.6 Å². The molecule has 110 valence electrons. The molecule has 4 heteroatoms. The van der Waals surface area contributed by atoms with Crippen LogP contribution in [0.15, 0.2) is 48.3 Å². The van der Waals surface area contributed by atoms with E-state index < -0.39 is 0 Å². The van der Waals surface area contributed by atoms with E-state index >= 15 is 0 Å². The van der Waals surface area contributed by atoms with Crippen LogP contribution in [-0.4, -0.2) is 4.57 Å². The fraction of sp³-hybridized carbons (Fsp3) is 0.294. The van der Waals surface area contributed by atoms with Crippen LogP contribution in [-0.2, 0) is 0 Å². The van der Waals surface area contributed by atoms with Gasteiger partial charge in [0.15, 0.2) is 0 Å². The molecule has 2 aromatic rings. The van der Waals surface area contributed by atoms with Crippen LogP contribution in [0.1, 0.15) is 31.6 Å². The zero-order valence-electron chi connectivity index (χ0n) is 12.1. The smallest absolute Gasteiger partial charge is 0.121 e. The van der Waals surface area contributed by atoms with Gasteiger partial charge in [0, 0.05) is 11.4 Å². The van der Waals surface area contributed by atoms with Crippen molar-refractivity contribution in [3.8, 4) is 0 Å². The largest absolute Gasteiger partial charge is 0.334 e. The van der Waals surface area contributed by atoms with Gasteiger partial charge in [-0.3, -0.25) is 0 Å². The first kappa shape index (κ1) is 14.4. The summed E-state index contributed by atoms with van der Waals surface area (Å²) in [5.41, 5.74) is 7.98. The van der Waals surface area contributed by atoms with Crippen LogP contribution >= 0.6 is 11.6 Å². The van der Waals surface area contributed by atoms with Gasteiger partial charge in [-0.25, -0.2) is 4.39 Å². The molecule has 0 saturated carbocycles. The molecule has 1 aliphatic carbocycles. The van der Waals surface area contributed by atoms with Gasteiger partial charge in [-0.1, -0.05) is 42.8 Å². The van der Waals surface area contributed by atoms with E-state index in [-0.39, 0.29) is 23.8 Å². The van der Waals surface area contributed by atoms with Crippen molar-refractivity contribution in [3.05, 3.63) is 59.0 Å². The minimum atomic E-state index is -0.223. The zero-order chi connectivity index (χ0) is 15.1. The Morgan fingerprint density at radius 1 is 1.33 bits per heavy atom. The average Bonchev–Trinajstić information content (AvgIpc) is 2.75. The van der Waals surface area contributed by atoms with E-state index in [4.69, 9.17) is 17.3 Å². The Labute approximate surface area is 128 Å². The van der Waals surface area contributed by atoms with E-state index in [2.05, 4.69) is 11.5 Å². The molecule has 2 N–H and O–H groups in total. The first-order valence-electron chi connectivity index (χ1n) is 7.10. The molecule has 0 fully saturated rings. The number of benzene rings is 1. The molecule has 1 aliphatic rings.